The third kappa shape index (κ3) is 4.23. The van der Waals surface area contributed by atoms with Crippen molar-refractivity contribution in [3.63, 3.8) is 0 Å². The Balaban J connectivity index is 1.01. The molecule has 8 aromatic carbocycles. The molecule has 2 heterocycles. The van der Waals surface area contributed by atoms with E-state index in [1.54, 1.807) is 0 Å². The van der Waals surface area contributed by atoms with E-state index >= 15 is 0 Å². The van der Waals surface area contributed by atoms with Gasteiger partial charge in [-0.3, -0.25) is 0 Å². The predicted octanol–water partition coefficient (Wildman–Crippen LogP) is 12.8. The molecular weight excluding hydrogens is 617 g/mol. The van der Waals surface area contributed by atoms with Gasteiger partial charge in [-0.25, -0.2) is 0 Å². The standard InChI is InChI=1S/C49H32N2/c1-2-13-36(14-3-1)50-48-23-9-6-18-42(48)45-30-33(26-27-49(45)50)32-24-25-35-31-44-38(19-11-20-39(44)43(35)29-32)34-12-10-15-37(28-34)51-46-21-7-4-16-40(46)41-17-5-8-22-47(41)51/h1-30H,31H2. The Kier molecular flexibility index (Phi) is 6.05. The lowest BCUT2D eigenvalue weighted by atomic mass is 9.95. The number of nitrogens with zero attached hydrogens (tertiary/aromatic N) is 2. The molecule has 0 bridgehead atoms. The van der Waals surface area contributed by atoms with Gasteiger partial charge in [-0.05, 0) is 112 Å². The molecular formula is C49H32N2. The second kappa shape index (κ2) is 10.9. The largest absolute Gasteiger partial charge is 0.309 e. The molecule has 2 aromatic heterocycles. The van der Waals surface area contributed by atoms with Gasteiger partial charge in [0.2, 0.25) is 0 Å². The molecule has 11 rings (SSSR count). The predicted molar refractivity (Wildman–Crippen MR) is 214 cm³/mol. The van der Waals surface area contributed by atoms with Crippen LogP contribution >= 0.6 is 0 Å². The van der Waals surface area contributed by atoms with Crippen LogP contribution in [0, 0.1) is 0 Å². The van der Waals surface area contributed by atoms with Gasteiger partial charge in [0.15, 0.2) is 0 Å². The second-order valence-corrected chi connectivity index (χ2v) is 13.7. The van der Waals surface area contributed by atoms with Crippen LogP contribution in [0.2, 0.25) is 0 Å². The maximum atomic E-state index is 2.41. The zero-order valence-corrected chi connectivity index (χ0v) is 27.9. The van der Waals surface area contributed by atoms with E-state index < -0.39 is 0 Å². The van der Waals surface area contributed by atoms with E-state index in [9.17, 15) is 0 Å². The first-order valence-electron chi connectivity index (χ1n) is 17.7. The van der Waals surface area contributed by atoms with Gasteiger partial charge in [0.05, 0.1) is 22.1 Å². The molecule has 0 unspecified atom stereocenters. The zero-order chi connectivity index (χ0) is 33.5. The molecule has 0 spiro atoms. The Morgan fingerprint density at radius 1 is 0.314 bits per heavy atom. The van der Waals surface area contributed by atoms with Crippen LogP contribution < -0.4 is 0 Å². The van der Waals surface area contributed by atoms with Crippen LogP contribution in [0.4, 0.5) is 0 Å². The summed E-state index contributed by atoms with van der Waals surface area (Å²) in [6.45, 7) is 0. The number of rotatable bonds is 4. The minimum absolute atomic E-state index is 0.935. The van der Waals surface area contributed by atoms with Gasteiger partial charge in [-0.1, -0.05) is 121 Å². The molecule has 51 heavy (non-hydrogen) atoms. The Hall–Kier alpha value is -6.64. The van der Waals surface area contributed by atoms with E-state index in [0.717, 1.165) is 6.42 Å². The van der Waals surface area contributed by atoms with E-state index in [1.165, 1.54) is 99.5 Å². The first-order chi connectivity index (χ1) is 25.3. The maximum absolute atomic E-state index is 2.41. The second-order valence-electron chi connectivity index (χ2n) is 13.7. The fourth-order valence-corrected chi connectivity index (χ4v) is 8.67. The molecule has 0 fully saturated rings. The first-order valence-corrected chi connectivity index (χ1v) is 17.7. The summed E-state index contributed by atoms with van der Waals surface area (Å²) < 4.78 is 4.79. The normalized spacial score (nSPS) is 12.2. The summed E-state index contributed by atoms with van der Waals surface area (Å²) in [7, 11) is 0. The van der Waals surface area contributed by atoms with Crippen LogP contribution in [0.5, 0.6) is 0 Å². The molecule has 238 valence electrons. The highest BCUT2D eigenvalue weighted by Gasteiger charge is 2.23. The minimum atomic E-state index is 0.935. The monoisotopic (exact) mass is 648 g/mol. The summed E-state index contributed by atoms with van der Waals surface area (Å²) in [6, 6.07) is 66.8. The smallest absolute Gasteiger partial charge is 0.0541 e. The van der Waals surface area contributed by atoms with Crippen molar-refractivity contribution in [1.82, 2.24) is 9.13 Å². The van der Waals surface area contributed by atoms with Crippen molar-refractivity contribution >= 4 is 43.6 Å². The van der Waals surface area contributed by atoms with Crippen LogP contribution in [0.1, 0.15) is 11.1 Å². The van der Waals surface area contributed by atoms with E-state index in [0.29, 0.717) is 0 Å². The number of aromatic nitrogens is 2. The Bertz CT molecular complexity index is 2940. The van der Waals surface area contributed by atoms with Gasteiger partial charge in [-0.2, -0.15) is 0 Å². The highest BCUT2D eigenvalue weighted by Crippen LogP contribution is 2.44. The summed E-state index contributed by atoms with van der Waals surface area (Å²) in [4.78, 5) is 0. The molecule has 1 aliphatic rings. The van der Waals surface area contributed by atoms with Crippen molar-refractivity contribution in [2.24, 2.45) is 0 Å². The van der Waals surface area contributed by atoms with Gasteiger partial charge < -0.3 is 9.13 Å². The highest BCUT2D eigenvalue weighted by molar-refractivity contribution is 6.11. The fourth-order valence-electron chi connectivity index (χ4n) is 8.67. The summed E-state index contributed by atoms with van der Waals surface area (Å²) in [5.41, 5.74) is 17.8. The molecule has 0 saturated carbocycles. The van der Waals surface area contributed by atoms with Crippen molar-refractivity contribution < 1.29 is 0 Å². The SMILES string of the molecule is c1ccc(-n2c3ccccc3c3cc(-c4ccc5c(c4)-c4cccc(-c6cccc(-n7c8ccccc8c8ccccc87)c6)c4C5)ccc32)cc1. The third-order valence-corrected chi connectivity index (χ3v) is 11.0. The molecule has 0 saturated heterocycles. The number of fused-ring (bicyclic) bond motifs is 9. The molecule has 2 nitrogen and oxygen atoms in total. The fraction of sp³-hybridized carbons (Fsp3) is 0.0204. The van der Waals surface area contributed by atoms with Crippen molar-refractivity contribution in [2.45, 2.75) is 6.42 Å². The lowest BCUT2D eigenvalue weighted by molar-refractivity contribution is 1.18. The summed E-state index contributed by atoms with van der Waals surface area (Å²) >= 11 is 0. The van der Waals surface area contributed by atoms with Crippen molar-refractivity contribution in [2.75, 3.05) is 0 Å². The molecule has 1 aliphatic carbocycles. The van der Waals surface area contributed by atoms with E-state index in [4.69, 9.17) is 0 Å². The average Bonchev–Trinajstić information content (AvgIpc) is 3.85. The lowest BCUT2D eigenvalue weighted by Crippen LogP contribution is -1.95. The zero-order valence-electron chi connectivity index (χ0n) is 27.9. The van der Waals surface area contributed by atoms with E-state index in [-0.39, 0.29) is 0 Å². The molecule has 0 radical (unpaired) electrons. The molecule has 0 amide bonds. The van der Waals surface area contributed by atoms with Gasteiger partial charge in [0.25, 0.3) is 0 Å². The van der Waals surface area contributed by atoms with Crippen molar-refractivity contribution in [3.8, 4) is 44.8 Å². The van der Waals surface area contributed by atoms with Crippen molar-refractivity contribution in [1.29, 1.82) is 0 Å². The summed E-state index contributed by atoms with van der Waals surface area (Å²) in [5.74, 6) is 0. The van der Waals surface area contributed by atoms with Gasteiger partial charge >= 0.3 is 0 Å². The lowest BCUT2D eigenvalue weighted by Gasteiger charge is -2.13. The van der Waals surface area contributed by atoms with Gasteiger partial charge in [-0.15, -0.1) is 0 Å². The minimum Gasteiger partial charge on any atom is -0.309 e. The topological polar surface area (TPSA) is 9.86 Å². The Morgan fingerprint density at radius 3 is 1.61 bits per heavy atom. The van der Waals surface area contributed by atoms with Gasteiger partial charge in [0.1, 0.15) is 0 Å². The number of para-hydroxylation sites is 4. The Labute approximate surface area is 296 Å². The molecule has 2 heteroatoms. The quantitative estimate of drug-likeness (QED) is 0.180. The van der Waals surface area contributed by atoms with Crippen LogP contribution in [-0.4, -0.2) is 9.13 Å². The summed E-state index contributed by atoms with van der Waals surface area (Å²) in [6.07, 6.45) is 0.935. The van der Waals surface area contributed by atoms with Crippen LogP contribution in [0.15, 0.2) is 182 Å². The van der Waals surface area contributed by atoms with Crippen LogP contribution in [0.25, 0.3) is 88.4 Å². The van der Waals surface area contributed by atoms with Gasteiger partial charge in [0, 0.05) is 32.9 Å². The molecule has 10 aromatic rings. The molecule has 0 N–H and O–H groups in total. The first kappa shape index (κ1) is 28.2. The average molecular weight is 649 g/mol. The molecule has 0 aliphatic heterocycles. The Morgan fingerprint density at radius 2 is 0.863 bits per heavy atom. The van der Waals surface area contributed by atoms with Crippen LogP contribution in [0.3, 0.4) is 0 Å². The number of benzene rings is 8. The molecule has 0 atom stereocenters. The third-order valence-electron chi connectivity index (χ3n) is 11.0. The summed E-state index contributed by atoms with van der Waals surface area (Å²) in [5, 5.41) is 5.12. The maximum Gasteiger partial charge on any atom is 0.0541 e. The van der Waals surface area contributed by atoms with Crippen LogP contribution in [-0.2, 0) is 6.42 Å². The van der Waals surface area contributed by atoms with E-state index in [2.05, 4.69) is 191 Å². The highest BCUT2D eigenvalue weighted by atomic mass is 15.0. The number of hydrogen-bond acceptors (Lipinski definition) is 0. The number of hydrogen-bond donors (Lipinski definition) is 0. The van der Waals surface area contributed by atoms with E-state index in [1.807, 2.05) is 0 Å². The van der Waals surface area contributed by atoms with Crippen molar-refractivity contribution in [3.05, 3.63) is 193 Å².